The van der Waals surface area contributed by atoms with E-state index in [9.17, 15) is 14.0 Å². The van der Waals surface area contributed by atoms with Crippen molar-refractivity contribution < 1.29 is 23.5 Å². The Labute approximate surface area is 129 Å². The van der Waals surface area contributed by atoms with Gasteiger partial charge in [-0.3, -0.25) is 9.59 Å². The third-order valence-electron chi connectivity index (χ3n) is 2.98. The summed E-state index contributed by atoms with van der Waals surface area (Å²) in [5, 5.41) is 0. The number of benzene rings is 1. The minimum atomic E-state index is -0.377. The molecule has 120 valence electrons. The average Bonchev–Trinajstić information content (AvgIpc) is 2.53. The molecular weight excluding hydrogens is 289 g/mol. The van der Waals surface area contributed by atoms with Crippen LogP contribution in [0.15, 0.2) is 30.3 Å². The first kappa shape index (κ1) is 17.8. The third-order valence-corrected chi connectivity index (χ3v) is 2.98. The first-order valence-electron chi connectivity index (χ1n) is 6.85. The zero-order valence-corrected chi connectivity index (χ0v) is 12.8. The van der Waals surface area contributed by atoms with E-state index in [1.807, 2.05) is 0 Å². The Morgan fingerprint density at radius 1 is 1.18 bits per heavy atom. The van der Waals surface area contributed by atoms with E-state index in [0.29, 0.717) is 13.2 Å². The third kappa shape index (κ3) is 6.49. The van der Waals surface area contributed by atoms with Gasteiger partial charge in [-0.1, -0.05) is 12.1 Å². The topological polar surface area (TPSA) is 55.8 Å². The summed E-state index contributed by atoms with van der Waals surface area (Å²) in [7, 11) is 2.84. The van der Waals surface area contributed by atoms with Gasteiger partial charge in [0.1, 0.15) is 5.82 Å². The quantitative estimate of drug-likeness (QED) is 0.543. The number of hydrogen-bond acceptors (Lipinski definition) is 4. The van der Waals surface area contributed by atoms with E-state index < -0.39 is 0 Å². The van der Waals surface area contributed by atoms with E-state index in [1.54, 1.807) is 18.2 Å². The maximum Gasteiger partial charge on any atom is 0.307 e. The Balaban J connectivity index is 2.64. The SMILES string of the molecule is COCCN(CCC(=O)OC)C(=O)C=Cc1ccc(F)cc1. The molecule has 1 aromatic carbocycles. The molecule has 0 heterocycles. The van der Waals surface area contributed by atoms with Gasteiger partial charge in [0.2, 0.25) is 5.91 Å². The maximum absolute atomic E-state index is 12.8. The molecule has 0 spiro atoms. The van der Waals surface area contributed by atoms with Gasteiger partial charge >= 0.3 is 5.97 Å². The zero-order valence-electron chi connectivity index (χ0n) is 12.8. The molecule has 0 fully saturated rings. The minimum absolute atomic E-state index is 0.121. The van der Waals surface area contributed by atoms with Gasteiger partial charge in [0, 0.05) is 26.3 Å². The number of hydrogen-bond donors (Lipinski definition) is 0. The van der Waals surface area contributed by atoms with E-state index in [-0.39, 0.29) is 30.7 Å². The van der Waals surface area contributed by atoms with Crippen LogP contribution in [0.1, 0.15) is 12.0 Å². The molecule has 0 aliphatic heterocycles. The lowest BCUT2D eigenvalue weighted by Crippen LogP contribution is -2.34. The van der Waals surface area contributed by atoms with Crippen molar-refractivity contribution in [3.05, 3.63) is 41.7 Å². The Kier molecular flexibility index (Phi) is 7.85. The number of halogens is 1. The van der Waals surface area contributed by atoms with Gasteiger partial charge in [-0.2, -0.15) is 0 Å². The number of ether oxygens (including phenoxy) is 2. The maximum atomic E-state index is 12.8. The number of carbonyl (C=O) groups excluding carboxylic acids is 2. The molecule has 0 N–H and O–H groups in total. The summed E-state index contributed by atoms with van der Waals surface area (Å²) in [5.74, 6) is -0.953. The molecule has 1 rings (SSSR count). The minimum Gasteiger partial charge on any atom is -0.469 e. The van der Waals surface area contributed by atoms with Crippen LogP contribution in [-0.4, -0.2) is 50.7 Å². The first-order chi connectivity index (χ1) is 10.6. The molecule has 0 aliphatic carbocycles. The molecule has 0 radical (unpaired) electrons. The summed E-state index contributed by atoms with van der Waals surface area (Å²) >= 11 is 0. The predicted molar refractivity (Wildman–Crippen MR) is 80.5 cm³/mol. The van der Waals surface area contributed by atoms with Gasteiger partial charge in [0.25, 0.3) is 0 Å². The van der Waals surface area contributed by atoms with Crippen LogP contribution in [0.3, 0.4) is 0 Å². The van der Waals surface area contributed by atoms with Gasteiger partial charge in [0.05, 0.1) is 20.1 Å². The van der Waals surface area contributed by atoms with Gasteiger partial charge in [-0.15, -0.1) is 0 Å². The summed E-state index contributed by atoms with van der Waals surface area (Å²) in [6, 6.07) is 5.80. The van der Waals surface area contributed by atoms with Crippen molar-refractivity contribution in [1.29, 1.82) is 0 Å². The molecule has 0 aliphatic rings. The summed E-state index contributed by atoms with van der Waals surface area (Å²) in [4.78, 5) is 24.8. The van der Waals surface area contributed by atoms with Crippen LogP contribution in [0.25, 0.3) is 6.08 Å². The molecule has 1 amide bonds. The molecule has 1 aromatic rings. The molecule has 0 saturated heterocycles. The van der Waals surface area contributed by atoms with Crippen molar-refractivity contribution in [3.8, 4) is 0 Å². The fourth-order valence-electron chi connectivity index (χ4n) is 1.71. The lowest BCUT2D eigenvalue weighted by molar-refractivity contribution is -0.141. The molecule has 0 saturated carbocycles. The first-order valence-corrected chi connectivity index (χ1v) is 6.85. The normalized spacial score (nSPS) is 10.7. The highest BCUT2D eigenvalue weighted by molar-refractivity contribution is 5.92. The molecule has 0 bridgehead atoms. The van der Waals surface area contributed by atoms with Crippen molar-refractivity contribution in [3.63, 3.8) is 0 Å². The van der Waals surface area contributed by atoms with Crippen LogP contribution in [0.2, 0.25) is 0 Å². The summed E-state index contributed by atoms with van der Waals surface area (Å²) in [5.41, 5.74) is 0.717. The van der Waals surface area contributed by atoms with Crippen LogP contribution < -0.4 is 0 Å². The van der Waals surface area contributed by atoms with Crippen LogP contribution in [0.5, 0.6) is 0 Å². The molecule has 6 heteroatoms. The lowest BCUT2D eigenvalue weighted by Gasteiger charge is -2.20. The smallest absolute Gasteiger partial charge is 0.307 e. The van der Waals surface area contributed by atoms with Crippen molar-refractivity contribution in [1.82, 2.24) is 4.90 Å². The average molecular weight is 309 g/mol. The summed E-state index contributed by atoms with van der Waals surface area (Å²) in [6.07, 6.45) is 3.11. The van der Waals surface area contributed by atoms with E-state index in [1.165, 1.54) is 37.3 Å². The Morgan fingerprint density at radius 2 is 1.86 bits per heavy atom. The lowest BCUT2D eigenvalue weighted by atomic mass is 10.2. The van der Waals surface area contributed by atoms with E-state index in [2.05, 4.69) is 4.74 Å². The van der Waals surface area contributed by atoms with Crippen molar-refractivity contribution in [2.75, 3.05) is 33.9 Å². The Morgan fingerprint density at radius 3 is 2.45 bits per heavy atom. The fraction of sp³-hybridized carbons (Fsp3) is 0.375. The zero-order chi connectivity index (χ0) is 16.4. The number of methoxy groups -OCH3 is 2. The van der Waals surface area contributed by atoms with Gasteiger partial charge in [-0.05, 0) is 23.8 Å². The Bertz CT molecular complexity index is 513. The molecule has 22 heavy (non-hydrogen) atoms. The standard InChI is InChI=1S/C16H20FNO4/c1-21-12-11-18(10-9-16(20)22-2)15(19)8-5-13-3-6-14(17)7-4-13/h3-8H,9-12H2,1-2H3. The number of esters is 1. The largest absolute Gasteiger partial charge is 0.469 e. The molecule has 0 atom stereocenters. The highest BCUT2D eigenvalue weighted by atomic mass is 19.1. The number of carbonyl (C=O) groups is 2. The van der Waals surface area contributed by atoms with E-state index >= 15 is 0 Å². The van der Waals surface area contributed by atoms with Crippen molar-refractivity contribution >= 4 is 18.0 Å². The monoisotopic (exact) mass is 309 g/mol. The summed E-state index contributed by atoms with van der Waals surface area (Å²) in [6.45, 7) is 1.00. The highest BCUT2D eigenvalue weighted by Gasteiger charge is 2.12. The van der Waals surface area contributed by atoms with E-state index in [0.717, 1.165) is 5.56 Å². The van der Waals surface area contributed by atoms with Gasteiger partial charge in [-0.25, -0.2) is 4.39 Å². The van der Waals surface area contributed by atoms with Crippen LogP contribution >= 0.6 is 0 Å². The summed E-state index contributed by atoms with van der Waals surface area (Å²) < 4.78 is 22.3. The second-order valence-electron chi connectivity index (χ2n) is 4.53. The van der Waals surface area contributed by atoms with Crippen molar-refractivity contribution in [2.24, 2.45) is 0 Å². The second-order valence-corrected chi connectivity index (χ2v) is 4.53. The Hall–Kier alpha value is -2.21. The second kappa shape index (κ2) is 9.68. The molecular formula is C16H20FNO4. The fourth-order valence-corrected chi connectivity index (χ4v) is 1.71. The van der Waals surface area contributed by atoms with Crippen LogP contribution in [0.4, 0.5) is 4.39 Å². The molecule has 0 unspecified atom stereocenters. The van der Waals surface area contributed by atoms with Crippen LogP contribution in [-0.2, 0) is 19.1 Å². The van der Waals surface area contributed by atoms with Crippen molar-refractivity contribution in [2.45, 2.75) is 6.42 Å². The van der Waals surface area contributed by atoms with Gasteiger partial charge in [0.15, 0.2) is 0 Å². The number of nitrogens with zero attached hydrogens (tertiary/aromatic N) is 1. The number of rotatable bonds is 8. The van der Waals surface area contributed by atoms with Gasteiger partial charge < -0.3 is 14.4 Å². The van der Waals surface area contributed by atoms with E-state index in [4.69, 9.17) is 4.74 Å². The highest BCUT2D eigenvalue weighted by Crippen LogP contribution is 2.05. The van der Waals surface area contributed by atoms with Crippen LogP contribution in [0, 0.1) is 5.82 Å². The molecule has 0 aromatic heterocycles. The number of amides is 1. The molecule has 5 nitrogen and oxygen atoms in total. The predicted octanol–water partition coefficient (Wildman–Crippen LogP) is 1.88.